The maximum absolute atomic E-state index is 12.3. The van der Waals surface area contributed by atoms with E-state index < -0.39 is 11.9 Å². The zero-order valence-electron chi connectivity index (χ0n) is 8.11. The van der Waals surface area contributed by atoms with Gasteiger partial charge in [0.1, 0.15) is 11.8 Å². The Balaban J connectivity index is 2.05. The number of pyridine rings is 1. The van der Waals surface area contributed by atoms with Crippen molar-refractivity contribution < 1.29 is 17.9 Å². The van der Waals surface area contributed by atoms with Gasteiger partial charge in [0.15, 0.2) is 0 Å². The summed E-state index contributed by atoms with van der Waals surface area (Å²) in [7, 11) is 0. The molecule has 16 heavy (non-hydrogen) atoms. The van der Waals surface area contributed by atoms with Crippen molar-refractivity contribution in [2.75, 3.05) is 13.1 Å². The van der Waals surface area contributed by atoms with Gasteiger partial charge in [-0.1, -0.05) is 18.9 Å². The van der Waals surface area contributed by atoms with E-state index in [4.69, 9.17) is 4.74 Å². The predicted molar refractivity (Wildman–Crippen MR) is 54.2 cm³/mol. The standard InChI is InChI=1S/C9H9F3N2OS/c10-9(11,12)7-2-1-3-8(13-7)15-6-4-14(16)5-6/h1-3,6,16H,4-5H2. The van der Waals surface area contributed by atoms with Gasteiger partial charge in [0, 0.05) is 19.2 Å². The van der Waals surface area contributed by atoms with Gasteiger partial charge in [0.2, 0.25) is 5.88 Å². The van der Waals surface area contributed by atoms with Crippen molar-refractivity contribution >= 4 is 12.8 Å². The summed E-state index contributed by atoms with van der Waals surface area (Å²) in [6, 6.07) is 3.61. The van der Waals surface area contributed by atoms with Crippen LogP contribution in [0.15, 0.2) is 18.2 Å². The Morgan fingerprint density at radius 1 is 1.38 bits per heavy atom. The van der Waals surface area contributed by atoms with E-state index in [1.807, 2.05) is 0 Å². The molecule has 0 spiro atoms. The van der Waals surface area contributed by atoms with E-state index in [1.165, 1.54) is 12.1 Å². The third-order valence-electron chi connectivity index (χ3n) is 2.13. The zero-order chi connectivity index (χ0) is 11.8. The van der Waals surface area contributed by atoms with E-state index in [-0.39, 0.29) is 12.0 Å². The summed E-state index contributed by atoms with van der Waals surface area (Å²) < 4.78 is 43.9. The van der Waals surface area contributed by atoms with E-state index in [0.29, 0.717) is 13.1 Å². The molecular weight excluding hydrogens is 241 g/mol. The lowest BCUT2D eigenvalue weighted by atomic mass is 10.2. The average Bonchev–Trinajstić information content (AvgIpc) is 2.14. The molecule has 0 N–H and O–H groups in total. The van der Waals surface area contributed by atoms with Crippen molar-refractivity contribution in [2.45, 2.75) is 12.3 Å². The summed E-state index contributed by atoms with van der Waals surface area (Å²) >= 11 is 4.03. The highest BCUT2D eigenvalue weighted by atomic mass is 32.1. The Labute approximate surface area is 95.8 Å². The molecule has 1 aliphatic rings. The monoisotopic (exact) mass is 250 g/mol. The highest BCUT2D eigenvalue weighted by Gasteiger charge is 2.33. The van der Waals surface area contributed by atoms with Crippen LogP contribution in [-0.2, 0) is 6.18 Å². The molecule has 0 aromatic carbocycles. The number of ether oxygens (including phenoxy) is 1. The van der Waals surface area contributed by atoms with Gasteiger partial charge < -0.3 is 4.74 Å². The molecule has 3 nitrogen and oxygen atoms in total. The van der Waals surface area contributed by atoms with Crippen LogP contribution in [0.4, 0.5) is 13.2 Å². The van der Waals surface area contributed by atoms with Crippen LogP contribution in [0.1, 0.15) is 5.69 Å². The Morgan fingerprint density at radius 3 is 2.62 bits per heavy atom. The number of thiol groups is 1. The molecule has 0 unspecified atom stereocenters. The highest BCUT2D eigenvalue weighted by Crippen LogP contribution is 2.29. The third kappa shape index (κ3) is 2.59. The number of halogens is 3. The van der Waals surface area contributed by atoms with E-state index in [9.17, 15) is 13.2 Å². The van der Waals surface area contributed by atoms with Gasteiger partial charge >= 0.3 is 6.18 Å². The first-order chi connectivity index (χ1) is 7.45. The predicted octanol–water partition coefficient (Wildman–Crippen LogP) is 2.01. The molecule has 1 fully saturated rings. The first-order valence-electron chi connectivity index (χ1n) is 4.60. The van der Waals surface area contributed by atoms with Crippen molar-refractivity contribution in [1.29, 1.82) is 0 Å². The number of hydrogen-bond acceptors (Lipinski definition) is 4. The second-order valence-corrected chi connectivity index (χ2v) is 4.04. The van der Waals surface area contributed by atoms with Gasteiger partial charge in [-0.05, 0) is 6.07 Å². The third-order valence-corrected chi connectivity index (χ3v) is 2.46. The molecule has 0 atom stereocenters. The lowest BCUT2D eigenvalue weighted by Crippen LogP contribution is -2.48. The number of alkyl halides is 3. The number of aromatic nitrogens is 1. The van der Waals surface area contributed by atoms with Gasteiger partial charge in [0.25, 0.3) is 0 Å². The molecule has 2 heterocycles. The van der Waals surface area contributed by atoms with Crippen LogP contribution in [0.5, 0.6) is 5.88 Å². The van der Waals surface area contributed by atoms with Gasteiger partial charge in [-0.2, -0.15) is 13.2 Å². The van der Waals surface area contributed by atoms with Crippen molar-refractivity contribution in [3.63, 3.8) is 0 Å². The normalized spacial score (nSPS) is 18.2. The lowest BCUT2D eigenvalue weighted by molar-refractivity contribution is -0.141. The summed E-state index contributed by atoms with van der Waals surface area (Å²) in [4.78, 5) is 3.40. The number of hydrogen-bond donors (Lipinski definition) is 1. The minimum absolute atomic E-state index is 0.00117. The molecule has 1 aromatic heterocycles. The Kier molecular flexibility index (Phi) is 2.98. The zero-order valence-corrected chi connectivity index (χ0v) is 9.00. The van der Waals surface area contributed by atoms with E-state index in [0.717, 1.165) is 6.07 Å². The molecule has 7 heteroatoms. The average molecular weight is 250 g/mol. The first-order valence-corrected chi connectivity index (χ1v) is 5.00. The lowest BCUT2D eigenvalue weighted by Gasteiger charge is -2.34. The van der Waals surface area contributed by atoms with Crippen LogP contribution in [0.25, 0.3) is 0 Å². The highest BCUT2D eigenvalue weighted by molar-refractivity contribution is 7.77. The molecule has 1 aliphatic heterocycles. The second-order valence-electron chi connectivity index (χ2n) is 3.47. The first kappa shape index (κ1) is 11.5. The summed E-state index contributed by atoms with van der Waals surface area (Å²) in [6.45, 7) is 1.17. The minimum Gasteiger partial charge on any atom is -0.472 e. The summed E-state index contributed by atoms with van der Waals surface area (Å²) in [5, 5.41) is 0. The van der Waals surface area contributed by atoms with Crippen molar-refractivity contribution in [2.24, 2.45) is 0 Å². The topological polar surface area (TPSA) is 25.4 Å². The van der Waals surface area contributed by atoms with Gasteiger partial charge in [-0.3, -0.25) is 0 Å². The fraction of sp³-hybridized carbons (Fsp3) is 0.444. The van der Waals surface area contributed by atoms with Crippen LogP contribution in [-0.4, -0.2) is 28.5 Å². The summed E-state index contributed by atoms with van der Waals surface area (Å²) in [5.41, 5.74) is -0.938. The summed E-state index contributed by atoms with van der Waals surface area (Å²) in [6.07, 6.45) is -4.57. The van der Waals surface area contributed by atoms with E-state index in [2.05, 4.69) is 17.8 Å². The SMILES string of the molecule is FC(F)(F)c1cccc(OC2CN(S)C2)n1. The molecule has 0 saturated carbocycles. The van der Waals surface area contributed by atoms with Crippen LogP contribution in [0, 0.1) is 0 Å². The van der Waals surface area contributed by atoms with E-state index >= 15 is 0 Å². The largest absolute Gasteiger partial charge is 0.472 e. The molecule has 0 bridgehead atoms. The smallest absolute Gasteiger partial charge is 0.433 e. The Hall–Kier alpha value is -0.950. The van der Waals surface area contributed by atoms with Crippen LogP contribution < -0.4 is 4.74 Å². The minimum atomic E-state index is -4.44. The molecule has 88 valence electrons. The van der Waals surface area contributed by atoms with Gasteiger partial charge in [-0.25, -0.2) is 9.29 Å². The quantitative estimate of drug-likeness (QED) is 0.813. The maximum atomic E-state index is 12.3. The van der Waals surface area contributed by atoms with Crippen molar-refractivity contribution in [3.8, 4) is 5.88 Å². The van der Waals surface area contributed by atoms with Gasteiger partial charge in [0.05, 0.1) is 0 Å². The molecule has 1 aromatic rings. The molecule has 0 amide bonds. The van der Waals surface area contributed by atoms with Crippen LogP contribution in [0.3, 0.4) is 0 Å². The summed E-state index contributed by atoms with van der Waals surface area (Å²) in [5.74, 6) is 0.00117. The Morgan fingerprint density at radius 2 is 2.06 bits per heavy atom. The second kappa shape index (κ2) is 4.14. The fourth-order valence-electron chi connectivity index (χ4n) is 1.30. The van der Waals surface area contributed by atoms with Crippen LogP contribution in [0.2, 0.25) is 0 Å². The van der Waals surface area contributed by atoms with E-state index in [1.54, 1.807) is 4.31 Å². The molecular formula is C9H9F3N2OS. The maximum Gasteiger partial charge on any atom is 0.433 e. The fourth-order valence-corrected chi connectivity index (χ4v) is 1.66. The van der Waals surface area contributed by atoms with Crippen LogP contribution >= 0.6 is 12.8 Å². The van der Waals surface area contributed by atoms with Crippen molar-refractivity contribution in [1.82, 2.24) is 9.29 Å². The molecule has 0 radical (unpaired) electrons. The number of nitrogens with zero attached hydrogens (tertiary/aromatic N) is 2. The molecule has 1 saturated heterocycles. The van der Waals surface area contributed by atoms with Crippen molar-refractivity contribution in [3.05, 3.63) is 23.9 Å². The number of rotatable bonds is 2. The van der Waals surface area contributed by atoms with Gasteiger partial charge in [-0.15, -0.1) is 0 Å². The molecule has 2 rings (SSSR count). The molecule has 0 aliphatic carbocycles. The Bertz CT molecular complexity index is 379.